The van der Waals surface area contributed by atoms with Crippen LogP contribution in [-0.2, 0) is 21.3 Å². The standard InChI is InChI=1S/C13H20N2O4S/c16-20(17,15-7-10-5-6-18-9-10)13-4-3-12(19-13)8-14-11-1-2-11/h3-4,10-11,14-15H,1-2,5-9H2. The highest BCUT2D eigenvalue weighted by atomic mass is 32.2. The quantitative estimate of drug-likeness (QED) is 0.780. The van der Waals surface area contributed by atoms with Gasteiger partial charge in [0.1, 0.15) is 5.76 Å². The van der Waals surface area contributed by atoms with Crippen LogP contribution < -0.4 is 10.0 Å². The van der Waals surface area contributed by atoms with Crippen LogP contribution >= 0.6 is 0 Å². The number of hydrogen-bond acceptors (Lipinski definition) is 5. The van der Waals surface area contributed by atoms with Gasteiger partial charge in [0.15, 0.2) is 0 Å². The third kappa shape index (κ3) is 3.60. The lowest BCUT2D eigenvalue weighted by atomic mass is 10.1. The molecule has 0 bridgehead atoms. The highest BCUT2D eigenvalue weighted by Crippen LogP contribution is 2.20. The van der Waals surface area contributed by atoms with Crippen LogP contribution in [0.25, 0.3) is 0 Å². The zero-order chi connectivity index (χ0) is 14.0. The molecule has 0 radical (unpaired) electrons. The summed E-state index contributed by atoms with van der Waals surface area (Å²) < 4.78 is 37.4. The molecule has 20 heavy (non-hydrogen) atoms. The van der Waals surface area contributed by atoms with Crippen molar-refractivity contribution < 1.29 is 17.6 Å². The molecule has 0 amide bonds. The van der Waals surface area contributed by atoms with Gasteiger partial charge in [0.25, 0.3) is 10.0 Å². The first-order valence-corrected chi connectivity index (χ1v) is 8.51. The molecule has 1 saturated carbocycles. The summed E-state index contributed by atoms with van der Waals surface area (Å²) in [6, 6.07) is 3.79. The molecule has 2 aliphatic rings. The van der Waals surface area contributed by atoms with Gasteiger partial charge in [-0.25, -0.2) is 13.1 Å². The lowest BCUT2D eigenvalue weighted by molar-refractivity contribution is 0.186. The van der Waals surface area contributed by atoms with Gasteiger partial charge < -0.3 is 14.5 Å². The molecule has 1 saturated heterocycles. The maximum atomic E-state index is 12.1. The smallest absolute Gasteiger partial charge is 0.273 e. The third-order valence-corrected chi connectivity index (χ3v) is 4.93. The number of rotatable bonds is 7. The van der Waals surface area contributed by atoms with Crippen molar-refractivity contribution in [3.05, 3.63) is 17.9 Å². The second-order valence-electron chi connectivity index (χ2n) is 5.46. The Labute approximate surface area is 118 Å². The lowest BCUT2D eigenvalue weighted by Gasteiger charge is -2.08. The molecule has 2 N–H and O–H groups in total. The largest absolute Gasteiger partial charge is 0.447 e. The summed E-state index contributed by atoms with van der Waals surface area (Å²) >= 11 is 0. The van der Waals surface area contributed by atoms with Crippen LogP contribution in [-0.4, -0.2) is 34.2 Å². The average Bonchev–Trinajstić information content (AvgIpc) is 2.94. The molecular weight excluding hydrogens is 280 g/mol. The summed E-state index contributed by atoms with van der Waals surface area (Å²) in [7, 11) is -3.55. The Kier molecular flexibility index (Phi) is 4.11. The van der Waals surface area contributed by atoms with Gasteiger partial charge in [0.05, 0.1) is 13.2 Å². The first kappa shape index (κ1) is 14.1. The van der Waals surface area contributed by atoms with E-state index < -0.39 is 10.0 Å². The molecule has 2 fully saturated rings. The highest BCUT2D eigenvalue weighted by Gasteiger charge is 2.24. The molecule has 7 heteroatoms. The summed E-state index contributed by atoms with van der Waals surface area (Å²) in [5, 5.41) is 3.28. The topological polar surface area (TPSA) is 80.6 Å². The predicted octanol–water partition coefficient (Wildman–Crippen LogP) is 0.846. The summed E-state index contributed by atoms with van der Waals surface area (Å²) in [5.74, 6) is 0.914. The number of ether oxygens (including phenoxy) is 1. The second-order valence-corrected chi connectivity index (χ2v) is 7.16. The van der Waals surface area contributed by atoms with Crippen molar-refractivity contribution in [3.8, 4) is 0 Å². The maximum Gasteiger partial charge on any atom is 0.273 e. The minimum atomic E-state index is -3.55. The summed E-state index contributed by atoms with van der Waals surface area (Å²) in [6.45, 7) is 2.32. The van der Waals surface area contributed by atoms with Crippen LogP contribution in [0.15, 0.2) is 21.6 Å². The lowest BCUT2D eigenvalue weighted by Crippen LogP contribution is -2.29. The van der Waals surface area contributed by atoms with Crippen LogP contribution in [0.4, 0.5) is 0 Å². The van der Waals surface area contributed by atoms with Gasteiger partial charge in [-0.3, -0.25) is 0 Å². The first-order valence-electron chi connectivity index (χ1n) is 7.03. The number of furan rings is 1. The van der Waals surface area contributed by atoms with Crippen LogP contribution in [0.3, 0.4) is 0 Å². The normalized spacial score (nSPS) is 23.3. The molecular formula is C13H20N2O4S. The van der Waals surface area contributed by atoms with Crippen molar-refractivity contribution in [1.29, 1.82) is 0 Å². The molecule has 0 spiro atoms. The third-order valence-electron chi connectivity index (χ3n) is 3.63. The Morgan fingerprint density at radius 2 is 2.10 bits per heavy atom. The SMILES string of the molecule is O=S(=O)(NCC1CCOC1)c1ccc(CNC2CC2)o1. The Hall–Kier alpha value is -0.890. The molecule has 1 aromatic heterocycles. The first-order chi connectivity index (χ1) is 9.63. The fourth-order valence-corrected chi connectivity index (χ4v) is 3.23. The van der Waals surface area contributed by atoms with E-state index in [2.05, 4.69) is 10.0 Å². The molecule has 3 rings (SSSR count). The molecule has 1 aliphatic carbocycles. The Bertz CT molecular complexity index is 544. The van der Waals surface area contributed by atoms with Crippen molar-refractivity contribution >= 4 is 10.0 Å². The van der Waals surface area contributed by atoms with Gasteiger partial charge in [0.2, 0.25) is 5.09 Å². The maximum absolute atomic E-state index is 12.1. The van der Waals surface area contributed by atoms with E-state index in [-0.39, 0.29) is 11.0 Å². The Morgan fingerprint density at radius 3 is 2.80 bits per heavy atom. The van der Waals surface area contributed by atoms with Gasteiger partial charge in [0, 0.05) is 19.2 Å². The van der Waals surface area contributed by atoms with E-state index in [1.165, 1.54) is 18.9 Å². The highest BCUT2D eigenvalue weighted by molar-refractivity contribution is 7.89. The molecule has 1 atom stereocenters. The van der Waals surface area contributed by atoms with Crippen molar-refractivity contribution in [1.82, 2.24) is 10.0 Å². The van der Waals surface area contributed by atoms with Gasteiger partial charge in [-0.2, -0.15) is 0 Å². The second kappa shape index (κ2) is 5.85. The number of hydrogen-bond donors (Lipinski definition) is 2. The molecule has 1 aliphatic heterocycles. The predicted molar refractivity (Wildman–Crippen MR) is 72.7 cm³/mol. The van der Waals surface area contributed by atoms with E-state index in [1.54, 1.807) is 6.07 Å². The van der Waals surface area contributed by atoms with E-state index in [1.807, 2.05) is 0 Å². The van der Waals surface area contributed by atoms with Crippen molar-refractivity contribution in [3.63, 3.8) is 0 Å². The van der Waals surface area contributed by atoms with Crippen LogP contribution in [0, 0.1) is 5.92 Å². The summed E-state index contributed by atoms with van der Waals surface area (Å²) in [4.78, 5) is 0. The Morgan fingerprint density at radius 1 is 1.25 bits per heavy atom. The fraction of sp³-hybridized carbons (Fsp3) is 0.692. The van der Waals surface area contributed by atoms with E-state index in [4.69, 9.17) is 9.15 Å². The fourth-order valence-electron chi connectivity index (χ4n) is 2.17. The molecule has 2 heterocycles. The summed E-state index contributed by atoms with van der Waals surface area (Å²) in [6.07, 6.45) is 3.28. The van der Waals surface area contributed by atoms with E-state index in [0.29, 0.717) is 38.1 Å². The summed E-state index contributed by atoms with van der Waals surface area (Å²) in [5.41, 5.74) is 0. The van der Waals surface area contributed by atoms with E-state index >= 15 is 0 Å². The van der Waals surface area contributed by atoms with E-state index in [9.17, 15) is 8.42 Å². The molecule has 6 nitrogen and oxygen atoms in total. The van der Waals surface area contributed by atoms with Gasteiger partial charge in [-0.1, -0.05) is 0 Å². The minimum Gasteiger partial charge on any atom is -0.447 e. The number of sulfonamides is 1. The van der Waals surface area contributed by atoms with Crippen LogP contribution in [0.5, 0.6) is 0 Å². The Balaban J connectivity index is 1.55. The molecule has 0 aromatic carbocycles. The van der Waals surface area contributed by atoms with E-state index in [0.717, 1.165) is 6.42 Å². The minimum absolute atomic E-state index is 0.0102. The van der Waals surface area contributed by atoms with Crippen molar-refractivity contribution in [2.24, 2.45) is 5.92 Å². The van der Waals surface area contributed by atoms with Crippen molar-refractivity contribution in [2.75, 3.05) is 19.8 Å². The van der Waals surface area contributed by atoms with Gasteiger partial charge in [-0.05, 0) is 37.3 Å². The van der Waals surface area contributed by atoms with Crippen LogP contribution in [0.1, 0.15) is 25.0 Å². The molecule has 112 valence electrons. The number of nitrogens with one attached hydrogen (secondary N) is 2. The van der Waals surface area contributed by atoms with Crippen molar-refractivity contribution in [2.45, 2.75) is 36.9 Å². The zero-order valence-corrected chi connectivity index (χ0v) is 12.1. The zero-order valence-electron chi connectivity index (χ0n) is 11.3. The monoisotopic (exact) mass is 300 g/mol. The molecule has 1 aromatic rings. The van der Waals surface area contributed by atoms with Crippen LogP contribution in [0.2, 0.25) is 0 Å². The average molecular weight is 300 g/mol. The van der Waals surface area contributed by atoms with Gasteiger partial charge >= 0.3 is 0 Å². The van der Waals surface area contributed by atoms with Gasteiger partial charge in [-0.15, -0.1) is 0 Å². The molecule has 1 unspecified atom stereocenters.